The SMILES string of the molecule is COC(=O)c1ccc(CNCc2ncccc2F)cc1. The summed E-state index contributed by atoms with van der Waals surface area (Å²) in [6.45, 7) is 0.920. The lowest BCUT2D eigenvalue weighted by Gasteiger charge is -2.06. The largest absolute Gasteiger partial charge is 0.465 e. The van der Waals surface area contributed by atoms with E-state index in [9.17, 15) is 9.18 Å². The molecule has 0 amide bonds. The Morgan fingerprint density at radius 2 is 2.00 bits per heavy atom. The van der Waals surface area contributed by atoms with Crippen LogP contribution in [0.5, 0.6) is 0 Å². The highest BCUT2D eigenvalue weighted by molar-refractivity contribution is 5.89. The van der Waals surface area contributed by atoms with Gasteiger partial charge in [0.2, 0.25) is 0 Å². The van der Waals surface area contributed by atoms with E-state index in [1.807, 2.05) is 12.1 Å². The zero-order chi connectivity index (χ0) is 14.4. The van der Waals surface area contributed by atoms with Gasteiger partial charge >= 0.3 is 5.97 Å². The number of nitrogens with zero attached hydrogens (tertiary/aromatic N) is 1. The van der Waals surface area contributed by atoms with E-state index in [2.05, 4.69) is 15.0 Å². The molecule has 1 aromatic heterocycles. The van der Waals surface area contributed by atoms with Crippen molar-refractivity contribution in [3.8, 4) is 0 Å². The average molecular weight is 274 g/mol. The fourth-order valence-corrected chi connectivity index (χ4v) is 1.75. The highest BCUT2D eigenvalue weighted by atomic mass is 19.1. The van der Waals surface area contributed by atoms with Crippen molar-refractivity contribution in [2.24, 2.45) is 0 Å². The van der Waals surface area contributed by atoms with E-state index < -0.39 is 0 Å². The predicted octanol–water partition coefficient (Wildman–Crippen LogP) is 2.30. The van der Waals surface area contributed by atoms with Crippen LogP contribution in [0.4, 0.5) is 4.39 Å². The number of ether oxygens (including phenoxy) is 1. The summed E-state index contributed by atoms with van der Waals surface area (Å²) in [4.78, 5) is 15.2. The minimum Gasteiger partial charge on any atom is -0.465 e. The van der Waals surface area contributed by atoms with Gasteiger partial charge in [-0.2, -0.15) is 0 Å². The van der Waals surface area contributed by atoms with Crippen LogP contribution in [0.25, 0.3) is 0 Å². The molecule has 0 bridgehead atoms. The van der Waals surface area contributed by atoms with Gasteiger partial charge < -0.3 is 10.1 Å². The van der Waals surface area contributed by atoms with Crippen LogP contribution in [0.1, 0.15) is 21.6 Å². The standard InChI is InChI=1S/C15H15FN2O2/c1-20-15(19)12-6-4-11(5-7-12)9-17-10-14-13(16)3-2-8-18-14/h2-8,17H,9-10H2,1H3. The Morgan fingerprint density at radius 1 is 1.25 bits per heavy atom. The summed E-state index contributed by atoms with van der Waals surface area (Å²) < 4.78 is 18.0. The van der Waals surface area contributed by atoms with Crippen LogP contribution in [-0.2, 0) is 17.8 Å². The number of carbonyl (C=O) groups excluding carboxylic acids is 1. The smallest absolute Gasteiger partial charge is 0.337 e. The molecule has 20 heavy (non-hydrogen) atoms. The molecule has 4 nitrogen and oxygen atoms in total. The monoisotopic (exact) mass is 274 g/mol. The summed E-state index contributed by atoms with van der Waals surface area (Å²) in [5.41, 5.74) is 1.89. The Hall–Kier alpha value is -2.27. The number of carbonyl (C=O) groups is 1. The van der Waals surface area contributed by atoms with Crippen LogP contribution in [0.2, 0.25) is 0 Å². The third-order valence-corrected chi connectivity index (χ3v) is 2.83. The van der Waals surface area contributed by atoms with E-state index in [0.717, 1.165) is 5.56 Å². The van der Waals surface area contributed by atoms with Crippen molar-refractivity contribution in [2.75, 3.05) is 7.11 Å². The molecule has 1 heterocycles. The second-order valence-electron chi connectivity index (χ2n) is 4.22. The van der Waals surface area contributed by atoms with Crippen LogP contribution in [-0.4, -0.2) is 18.1 Å². The number of esters is 1. The second-order valence-corrected chi connectivity index (χ2v) is 4.22. The first-order valence-corrected chi connectivity index (χ1v) is 6.18. The highest BCUT2D eigenvalue weighted by Gasteiger charge is 2.05. The molecule has 0 radical (unpaired) electrons. The fraction of sp³-hybridized carbons (Fsp3) is 0.200. The maximum atomic E-state index is 13.3. The maximum absolute atomic E-state index is 13.3. The number of benzene rings is 1. The van der Waals surface area contributed by atoms with Crippen molar-refractivity contribution in [1.82, 2.24) is 10.3 Å². The Morgan fingerprint density at radius 3 is 2.65 bits per heavy atom. The number of methoxy groups -OCH3 is 1. The first-order valence-electron chi connectivity index (χ1n) is 6.18. The normalized spacial score (nSPS) is 10.3. The molecular weight excluding hydrogens is 259 g/mol. The third kappa shape index (κ3) is 3.61. The molecule has 0 unspecified atom stereocenters. The van der Waals surface area contributed by atoms with Crippen molar-refractivity contribution in [3.05, 3.63) is 65.2 Å². The molecular formula is C15H15FN2O2. The number of pyridine rings is 1. The van der Waals surface area contributed by atoms with E-state index >= 15 is 0 Å². The second kappa shape index (κ2) is 6.77. The van der Waals surface area contributed by atoms with Crippen LogP contribution in [0.3, 0.4) is 0 Å². The van der Waals surface area contributed by atoms with Crippen LogP contribution >= 0.6 is 0 Å². The molecule has 0 aliphatic heterocycles. The van der Waals surface area contributed by atoms with E-state index in [4.69, 9.17) is 0 Å². The van der Waals surface area contributed by atoms with Gasteiger partial charge in [0.05, 0.1) is 18.4 Å². The average Bonchev–Trinajstić information content (AvgIpc) is 2.49. The quantitative estimate of drug-likeness (QED) is 0.850. The van der Waals surface area contributed by atoms with Gasteiger partial charge in [-0.15, -0.1) is 0 Å². The molecule has 0 saturated carbocycles. The number of nitrogens with one attached hydrogen (secondary N) is 1. The number of halogens is 1. The van der Waals surface area contributed by atoms with Gasteiger partial charge in [-0.1, -0.05) is 12.1 Å². The van der Waals surface area contributed by atoms with Crippen molar-refractivity contribution in [3.63, 3.8) is 0 Å². The lowest BCUT2D eigenvalue weighted by molar-refractivity contribution is 0.0600. The third-order valence-electron chi connectivity index (χ3n) is 2.83. The molecule has 0 saturated heterocycles. The van der Waals surface area contributed by atoms with Gasteiger partial charge in [0, 0.05) is 19.3 Å². The zero-order valence-corrected chi connectivity index (χ0v) is 11.1. The summed E-state index contributed by atoms with van der Waals surface area (Å²) in [6.07, 6.45) is 1.56. The van der Waals surface area contributed by atoms with Crippen molar-refractivity contribution >= 4 is 5.97 Å². The van der Waals surface area contributed by atoms with Crippen LogP contribution in [0.15, 0.2) is 42.6 Å². The minimum atomic E-state index is -0.361. The molecule has 0 aliphatic carbocycles. The first-order chi connectivity index (χ1) is 9.70. The summed E-state index contributed by atoms with van der Waals surface area (Å²) in [5.74, 6) is -0.680. The Labute approximate surface area is 116 Å². The number of rotatable bonds is 5. The molecule has 1 aromatic carbocycles. The van der Waals surface area contributed by atoms with Gasteiger partial charge in [-0.25, -0.2) is 9.18 Å². The molecule has 2 rings (SSSR count). The van der Waals surface area contributed by atoms with Crippen LogP contribution in [0, 0.1) is 5.82 Å². The molecule has 1 N–H and O–H groups in total. The molecule has 104 valence electrons. The van der Waals surface area contributed by atoms with Crippen molar-refractivity contribution in [1.29, 1.82) is 0 Å². The number of hydrogen-bond donors (Lipinski definition) is 1. The van der Waals surface area contributed by atoms with E-state index in [1.54, 1.807) is 24.4 Å². The summed E-state index contributed by atoms with van der Waals surface area (Å²) >= 11 is 0. The van der Waals surface area contributed by atoms with Crippen LogP contribution < -0.4 is 5.32 Å². The summed E-state index contributed by atoms with van der Waals surface area (Å²) in [6, 6.07) is 10.00. The Bertz CT molecular complexity index is 585. The Balaban J connectivity index is 1.88. The number of hydrogen-bond acceptors (Lipinski definition) is 4. The lowest BCUT2D eigenvalue weighted by atomic mass is 10.1. The fourth-order valence-electron chi connectivity index (χ4n) is 1.75. The van der Waals surface area contributed by atoms with Gasteiger partial charge in [-0.05, 0) is 29.8 Å². The van der Waals surface area contributed by atoms with E-state index in [1.165, 1.54) is 13.2 Å². The Kier molecular flexibility index (Phi) is 4.79. The molecule has 0 aliphatic rings. The zero-order valence-electron chi connectivity index (χ0n) is 11.1. The molecule has 2 aromatic rings. The summed E-state index contributed by atoms with van der Waals surface area (Å²) in [5, 5.41) is 3.10. The van der Waals surface area contributed by atoms with Gasteiger partial charge in [-0.3, -0.25) is 4.98 Å². The lowest BCUT2D eigenvalue weighted by Crippen LogP contribution is -2.15. The maximum Gasteiger partial charge on any atom is 0.337 e. The topological polar surface area (TPSA) is 51.2 Å². The molecule has 0 spiro atoms. The highest BCUT2D eigenvalue weighted by Crippen LogP contribution is 2.06. The number of aromatic nitrogens is 1. The van der Waals surface area contributed by atoms with E-state index in [0.29, 0.717) is 24.3 Å². The van der Waals surface area contributed by atoms with E-state index in [-0.39, 0.29) is 11.8 Å². The first kappa shape index (κ1) is 14.1. The molecule has 0 atom stereocenters. The van der Waals surface area contributed by atoms with Crippen molar-refractivity contribution < 1.29 is 13.9 Å². The minimum absolute atomic E-state index is 0.318. The van der Waals surface area contributed by atoms with Gasteiger partial charge in [0.1, 0.15) is 5.82 Å². The predicted molar refractivity (Wildman–Crippen MR) is 72.5 cm³/mol. The van der Waals surface area contributed by atoms with Gasteiger partial charge in [0.25, 0.3) is 0 Å². The molecule has 0 fully saturated rings. The summed E-state index contributed by atoms with van der Waals surface area (Å²) in [7, 11) is 1.35. The van der Waals surface area contributed by atoms with Crippen molar-refractivity contribution in [2.45, 2.75) is 13.1 Å². The van der Waals surface area contributed by atoms with Gasteiger partial charge in [0.15, 0.2) is 0 Å². The molecule has 5 heteroatoms.